The highest BCUT2D eigenvalue weighted by Gasteiger charge is 2.41. The molecule has 0 aromatic rings. The van der Waals surface area contributed by atoms with Gasteiger partial charge in [0.05, 0.1) is 18.4 Å². The Morgan fingerprint density at radius 1 is 1.33 bits per heavy atom. The first-order valence-electron chi connectivity index (χ1n) is 5.76. The third kappa shape index (κ3) is 3.63. The number of amides is 1. The van der Waals surface area contributed by atoms with E-state index in [4.69, 9.17) is 10.2 Å². The maximum atomic E-state index is 12.8. The Labute approximate surface area is 103 Å². The van der Waals surface area contributed by atoms with Crippen molar-refractivity contribution in [2.45, 2.75) is 25.7 Å². The van der Waals surface area contributed by atoms with E-state index in [0.717, 1.165) is 0 Å². The molecule has 0 saturated heterocycles. The van der Waals surface area contributed by atoms with Gasteiger partial charge in [0, 0.05) is 0 Å². The molecule has 1 rings (SSSR count). The Morgan fingerprint density at radius 3 is 2.39 bits per heavy atom. The van der Waals surface area contributed by atoms with Crippen LogP contribution in [0.2, 0.25) is 0 Å². The van der Waals surface area contributed by atoms with Gasteiger partial charge in [-0.05, 0) is 18.8 Å². The molecular weight excluding hydrogens is 248 g/mol. The quantitative estimate of drug-likeness (QED) is 0.674. The average molecular weight is 265 g/mol. The molecule has 104 valence electrons. The monoisotopic (exact) mass is 265 g/mol. The van der Waals surface area contributed by atoms with E-state index >= 15 is 0 Å². The van der Waals surface area contributed by atoms with Gasteiger partial charge in [-0.1, -0.05) is 6.92 Å². The first kappa shape index (κ1) is 14.8. The standard InChI is InChI=1S/C11H17F2NO4/c1-6-2-7(8(3-6)10(17)18)9(16)14-4-11(12,13)5-15/h6-8,15H,2-5H2,1H3,(H,14,16)(H,17,18)/t6?,7-,8+/m0/s1. The van der Waals surface area contributed by atoms with Gasteiger partial charge in [0.15, 0.2) is 0 Å². The lowest BCUT2D eigenvalue weighted by Crippen LogP contribution is -2.43. The second-order valence-corrected chi connectivity index (χ2v) is 4.86. The lowest BCUT2D eigenvalue weighted by molar-refractivity contribution is -0.146. The zero-order valence-corrected chi connectivity index (χ0v) is 10.0. The van der Waals surface area contributed by atoms with E-state index < -0.39 is 42.8 Å². The van der Waals surface area contributed by atoms with Crippen LogP contribution in [0.15, 0.2) is 0 Å². The molecule has 3 atom stereocenters. The van der Waals surface area contributed by atoms with Gasteiger partial charge in [-0.3, -0.25) is 9.59 Å². The maximum Gasteiger partial charge on any atom is 0.307 e. The van der Waals surface area contributed by atoms with Crippen LogP contribution in [0, 0.1) is 17.8 Å². The SMILES string of the molecule is CC1C[C@H](C(=O)NCC(F)(F)CO)[C@H](C(=O)O)C1. The van der Waals surface area contributed by atoms with Crippen molar-refractivity contribution in [3.8, 4) is 0 Å². The molecule has 7 heteroatoms. The van der Waals surface area contributed by atoms with E-state index in [1.807, 2.05) is 12.2 Å². The number of halogens is 2. The Balaban J connectivity index is 2.58. The van der Waals surface area contributed by atoms with Crippen molar-refractivity contribution in [1.82, 2.24) is 5.32 Å². The van der Waals surface area contributed by atoms with Gasteiger partial charge in [0.1, 0.15) is 6.61 Å². The van der Waals surface area contributed by atoms with Gasteiger partial charge in [-0.25, -0.2) is 8.78 Å². The molecule has 0 spiro atoms. The van der Waals surface area contributed by atoms with Crippen molar-refractivity contribution >= 4 is 11.9 Å². The first-order chi connectivity index (χ1) is 8.26. The number of carboxylic acid groups (broad SMARTS) is 1. The predicted octanol–water partition coefficient (Wildman–Crippen LogP) is 0.477. The van der Waals surface area contributed by atoms with E-state index in [1.165, 1.54) is 0 Å². The minimum Gasteiger partial charge on any atom is -0.481 e. The molecule has 1 aliphatic carbocycles. The molecule has 0 aromatic heterocycles. The van der Waals surface area contributed by atoms with Crippen molar-refractivity contribution in [1.29, 1.82) is 0 Å². The molecule has 0 bridgehead atoms. The fourth-order valence-electron chi connectivity index (χ4n) is 2.26. The lowest BCUT2D eigenvalue weighted by Gasteiger charge is -2.18. The summed E-state index contributed by atoms with van der Waals surface area (Å²) in [5.41, 5.74) is 0. The smallest absolute Gasteiger partial charge is 0.307 e. The fraction of sp³-hybridized carbons (Fsp3) is 0.818. The summed E-state index contributed by atoms with van der Waals surface area (Å²) >= 11 is 0. The highest BCUT2D eigenvalue weighted by atomic mass is 19.3. The van der Waals surface area contributed by atoms with Crippen molar-refractivity contribution in [3.63, 3.8) is 0 Å². The number of rotatable bonds is 5. The van der Waals surface area contributed by atoms with Gasteiger partial charge in [0.25, 0.3) is 5.92 Å². The van der Waals surface area contributed by atoms with Crippen LogP contribution in [0.4, 0.5) is 8.78 Å². The van der Waals surface area contributed by atoms with Crippen molar-refractivity contribution in [2.75, 3.05) is 13.2 Å². The fourth-order valence-corrected chi connectivity index (χ4v) is 2.26. The summed E-state index contributed by atoms with van der Waals surface area (Å²) in [5.74, 6) is -6.64. The topological polar surface area (TPSA) is 86.6 Å². The average Bonchev–Trinajstić information content (AvgIpc) is 2.68. The number of carbonyl (C=O) groups excluding carboxylic acids is 1. The molecule has 0 aliphatic heterocycles. The van der Waals surface area contributed by atoms with Crippen LogP contribution in [-0.2, 0) is 9.59 Å². The number of aliphatic hydroxyl groups excluding tert-OH is 1. The molecule has 1 aliphatic rings. The lowest BCUT2D eigenvalue weighted by atomic mass is 9.95. The number of aliphatic hydroxyl groups is 1. The minimum atomic E-state index is -3.38. The first-order valence-corrected chi connectivity index (χ1v) is 5.76. The number of hydrogen-bond acceptors (Lipinski definition) is 3. The molecule has 0 radical (unpaired) electrons. The van der Waals surface area contributed by atoms with Crippen molar-refractivity contribution in [3.05, 3.63) is 0 Å². The minimum absolute atomic E-state index is 0.0835. The predicted molar refractivity (Wildman–Crippen MR) is 58.1 cm³/mol. The van der Waals surface area contributed by atoms with Gasteiger partial charge < -0.3 is 15.5 Å². The number of alkyl halides is 2. The van der Waals surface area contributed by atoms with Gasteiger partial charge in [-0.2, -0.15) is 0 Å². The number of carboxylic acids is 1. The Kier molecular flexibility index (Phi) is 4.61. The van der Waals surface area contributed by atoms with E-state index in [9.17, 15) is 18.4 Å². The highest BCUT2D eigenvalue weighted by molar-refractivity contribution is 5.85. The van der Waals surface area contributed by atoms with Crippen molar-refractivity contribution in [2.24, 2.45) is 17.8 Å². The molecule has 0 heterocycles. The Morgan fingerprint density at radius 2 is 1.89 bits per heavy atom. The molecule has 1 amide bonds. The Bertz CT molecular complexity index is 335. The van der Waals surface area contributed by atoms with Crippen LogP contribution in [0.1, 0.15) is 19.8 Å². The van der Waals surface area contributed by atoms with E-state index in [1.54, 1.807) is 0 Å². The summed E-state index contributed by atoms with van der Waals surface area (Å²) in [6, 6.07) is 0. The molecule has 1 unspecified atom stereocenters. The van der Waals surface area contributed by atoms with E-state index in [2.05, 4.69) is 0 Å². The number of nitrogens with one attached hydrogen (secondary N) is 1. The van der Waals surface area contributed by atoms with E-state index in [0.29, 0.717) is 12.8 Å². The maximum absolute atomic E-state index is 12.8. The number of carbonyl (C=O) groups is 2. The van der Waals surface area contributed by atoms with Gasteiger partial charge >= 0.3 is 5.97 Å². The van der Waals surface area contributed by atoms with Gasteiger partial charge in [-0.15, -0.1) is 0 Å². The molecule has 0 aromatic carbocycles. The molecule has 1 fully saturated rings. The largest absolute Gasteiger partial charge is 0.481 e. The normalized spacial score (nSPS) is 28.1. The van der Waals surface area contributed by atoms with Crippen molar-refractivity contribution < 1.29 is 28.6 Å². The summed E-state index contributed by atoms with van der Waals surface area (Å²) in [5, 5.41) is 19.3. The molecule has 5 nitrogen and oxygen atoms in total. The third-order valence-corrected chi connectivity index (χ3v) is 3.20. The molecule has 18 heavy (non-hydrogen) atoms. The number of hydrogen-bond donors (Lipinski definition) is 3. The van der Waals surface area contributed by atoms with Crippen LogP contribution in [0.25, 0.3) is 0 Å². The van der Waals surface area contributed by atoms with Crippen LogP contribution in [-0.4, -0.2) is 41.2 Å². The summed E-state index contributed by atoms with van der Waals surface area (Å²) in [6.07, 6.45) is 0.761. The second kappa shape index (κ2) is 5.60. The van der Waals surface area contributed by atoms with Crippen LogP contribution in [0.3, 0.4) is 0 Å². The van der Waals surface area contributed by atoms with Crippen LogP contribution >= 0.6 is 0 Å². The summed E-state index contributed by atoms with van der Waals surface area (Å²) in [7, 11) is 0. The second-order valence-electron chi connectivity index (χ2n) is 4.86. The third-order valence-electron chi connectivity index (χ3n) is 3.20. The highest BCUT2D eigenvalue weighted by Crippen LogP contribution is 2.36. The van der Waals surface area contributed by atoms with Crippen LogP contribution < -0.4 is 5.32 Å². The molecular formula is C11H17F2NO4. The Hall–Kier alpha value is -1.24. The zero-order chi connectivity index (χ0) is 13.9. The molecule has 3 N–H and O–H groups in total. The summed E-state index contributed by atoms with van der Waals surface area (Å²) < 4.78 is 25.5. The number of aliphatic carboxylic acids is 1. The summed E-state index contributed by atoms with van der Waals surface area (Å²) in [6.45, 7) is -0.498. The zero-order valence-electron chi connectivity index (χ0n) is 10.0. The van der Waals surface area contributed by atoms with E-state index in [-0.39, 0.29) is 5.92 Å². The summed E-state index contributed by atoms with van der Waals surface area (Å²) in [4.78, 5) is 22.6. The molecule has 1 saturated carbocycles. The van der Waals surface area contributed by atoms with Crippen LogP contribution in [0.5, 0.6) is 0 Å². The van der Waals surface area contributed by atoms with Gasteiger partial charge in [0.2, 0.25) is 5.91 Å².